The maximum atomic E-state index is 12.2. The lowest BCUT2D eigenvalue weighted by Gasteiger charge is -2.13. The molecule has 0 spiro atoms. The highest BCUT2D eigenvalue weighted by Gasteiger charge is 2.30. The van der Waals surface area contributed by atoms with Crippen LogP contribution in [-0.4, -0.2) is 38.8 Å². The van der Waals surface area contributed by atoms with Crippen molar-refractivity contribution >= 4 is 47.4 Å². The van der Waals surface area contributed by atoms with Gasteiger partial charge in [0, 0.05) is 20.6 Å². The van der Waals surface area contributed by atoms with Gasteiger partial charge >= 0.3 is 5.69 Å². The number of carbonyl (C=O) groups is 1. The highest BCUT2D eigenvalue weighted by Crippen LogP contribution is 2.21. The second-order valence-electron chi connectivity index (χ2n) is 5.85. The maximum absolute atomic E-state index is 12.2. The first kappa shape index (κ1) is 22.1. The lowest BCUT2D eigenvalue weighted by atomic mass is 10.2. The molecule has 0 saturated carbocycles. The summed E-state index contributed by atoms with van der Waals surface area (Å²) < 4.78 is 7.83. The van der Waals surface area contributed by atoms with Crippen LogP contribution in [0.1, 0.15) is 12.8 Å². The molecule has 0 bridgehead atoms. The molecule has 0 unspecified atom stereocenters. The first-order chi connectivity index (χ1) is 11.4. The van der Waals surface area contributed by atoms with E-state index >= 15 is 0 Å². The van der Waals surface area contributed by atoms with Crippen LogP contribution in [0.15, 0.2) is 21.9 Å². The van der Waals surface area contributed by atoms with Gasteiger partial charge in [-0.1, -0.05) is 0 Å². The normalized spacial score (nSPS) is 18.9. The van der Waals surface area contributed by atoms with Crippen molar-refractivity contribution in [3.8, 4) is 0 Å². The molecule has 144 valence electrons. The molecule has 9 nitrogen and oxygen atoms in total. The molecule has 0 radical (unpaired) electrons. The van der Waals surface area contributed by atoms with Crippen molar-refractivity contribution in [2.24, 2.45) is 19.8 Å². The number of rotatable bonds is 3. The van der Waals surface area contributed by atoms with E-state index in [9.17, 15) is 14.4 Å². The Kier molecular flexibility index (Phi) is 7.34. The largest absolute Gasteiger partial charge is 0.364 e. The summed E-state index contributed by atoms with van der Waals surface area (Å²) in [7, 11) is 2.93. The summed E-state index contributed by atoms with van der Waals surface area (Å²) in [6.07, 6.45) is 2.10. The van der Waals surface area contributed by atoms with Gasteiger partial charge in [-0.25, -0.2) is 9.78 Å². The van der Waals surface area contributed by atoms with Crippen LogP contribution in [0.4, 0.5) is 5.69 Å². The van der Waals surface area contributed by atoms with Gasteiger partial charge in [-0.2, -0.15) is 0 Å². The second-order valence-corrected chi connectivity index (χ2v) is 5.85. The Labute approximate surface area is 161 Å². The summed E-state index contributed by atoms with van der Waals surface area (Å²) >= 11 is 0. The van der Waals surface area contributed by atoms with Crippen LogP contribution in [0.25, 0.3) is 11.0 Å². The Bertz CT molecular complexity index is 927. The number of aromatic nitrogens is 3. The predicted molar refractivity (Wildman–Crippen MR) is 102 cm³/mol. The summed E-state index contributed by atoms with van der Waals surface area (Å²) in [6, 6.07) is 1.51. The average molecular weight is 406 g/mol. The molecule has 0 aliphatic carbocycles. The molecule has 1 amide bonds. The monoisotopic (exact) mass is 405 g/mol. The lowest BCUT2D eigenvalue weighted by Crippen LogP contribution is -2.37. The zero-order chi connectivity index (χ0) is 17.4. The Morgan fingerprint density at radius 3 is 2.62 bits per heavy atom. The van der Waals surface area contributed by atoms with E-state index in [2.05, 4.69) is 10.3 Å². The SMILES string of the molecule is Cl.Cl.Cn1c(=O)c2cc(NC(=O)[C@@H]3CC[C@H](CN)O3)cnc2n(C)c1=O. The molecule has 2 aromatic heterocycles. The number of amides is 1. The smallest absolute Gasteiger partial charge is 0.332 e. The first-order valence-electron chi connectivity index (χ1n) is 7.64. The van der Waals surface area contributed by atoms with Crippen molar-refractivity contribution in [2.45, 2.75) is 25.0 Å². The molecule has 11 heteroatoms. The fraction of sp³-hybridized carbons (Fsp3) is 0.467. The Morgan fingerprint density at radius 2 is 2.00 bits per heavy atom. The van der Waals surface area contributed by atoms with E-state index in [0.29, 0.717) is 18.7 Å². The predicted octanol–water partition coefficient (Wildman–Crippen LogP) is -0.0794. The molecule has 1 aliphatic heterocycles. The second kappa shape index (κ2) is 8.63. The van der Waals surface area contributed by atoms with E-state index in [1.165, 1.54) is 30.9 Å². The molecule has 26 heavy (non-hydrogen) atoms. The Morgan fingerprint density at radius 1 is 1.31 bits per heavy atom. The Hall–Kier alpha value is -1.94. The number of hydrogen-bond donors (Lipinski definition) is 2. The van der Waals surface area contributed by atoms with Crippen LogP contribution in [0.5, 0.6) is 0 Å². The summed E-state index contributed by atoms with van der Waals surface area (Å²) in [5.41, 5.74) is 5.26. The van der Waals surface area contributed by atoms with Crippen LogP contribution in [0.2, 0.25) is 0 Å². The van der Waals surface area contributed by atoms with Gasteiger partial charge in [-0.05, 0) is 18.9 Å². The van der Waals surface area contributed by atoms with Crippen molar-refractivity contribution in [3.63, 3.8) is 0 Å². The summed E-state index contributed by atoms with van der Waals surface area (Å²) in [4.78, 5) is 40.5. The third-order valence-corrected chi connectivity index (χ3v) is 4.22. The lowest BCUT2D eigenvalue weighted by molar-refractivity contribution is -0.126. The number of hydrogen-bond acceptors (Lipinski definition) is 6. The topological polar surface area (TPSA) is 121 Å². The standard InChI is InChI=1S/C15H19N5O4.2ClH/c1-19-12-10(14(22)20(2)15(19)23)5-8(7-17-12)18-13(21)11-4-3-9(6-16)24-11;;/h5,7,9,11H,3-4,6,16H2,1-2H3,(H,18,21);2*1H/t9-,11+;;/m1../s1. The quantitative estimate of drug-likeness (QED) is 0.736. The molecule has 3 heterocycles. The van der Waals surface area contributed by atoms with Gasteiger partial charge in [-0.15, -0.1) is 24.8 Å². The van der Waals surface area contributed by atoms with Gasteiger partial charge in [-0.3, -0.25) is 18.7 Å². The molecule has 2 aromatic rings. The Balaban J connectivity index is 0.00000169. The van der Waals surface area contributed by atoms with Crippen molar-refractivity contribution in [2.75, 3.05) is 11.9 Å². The number of halogens is 2. The fourth-order valence-corrected chi connectivity index (χ4v) is 2.83. The van der Waals surface area contributed by atoms with Gasteiger partial charge in [0.15, 0.2) is 0 Å². The van der Waals surface area contributed by atoms with Crippen LogP contribution in [-0.2, 0) is 23.6 Å². The molecule has 1 fully saturated rings. The highest BCUT2D eigenvalue weighted by atomic mass is 35.5. The third kappa shape index (κ3) is 3.90. The van der Waals surface area contributed by atoms with Gasteiger partial charge in [0.05, 0.1) is 23.4 Å². The zero-order valence-corrected chi connectivity index (χ0v) is 15.9. The van der Waals surface area contributed by atoms with Crippen molar-refractivity contribution in [3.05, 3.63) is 33.1 Å². The number of pyridine rings is 1. The molecule has 3 rings (SSSR count). The molecule has 0 aromatic carbocycles. The maximum Gasteiger partial charge on any atom is 0.332 e. The van der Waals surface area contributed by atoms with Crippen LogP contribution >= 0.6 is 24.8 Å². The van der Waals surface area contributed by atoms with E-state index in [1.807, 2.05) is 0 Å². The summed E-state index contributed by atoms with van der Waals surface area (Å²) in [5.74, 6) is -0.297. The van der Waals surface area contributed by atoms with Crippen molar-refractivity contribution in [1.29, 1.82) is 0 Å². The van der Waals surface area contributed by atoms with Crippen LogP contribution in [0.3, 0.4) is 0 Å². The number of nitrogens with one attached hydrogen (secondary N) is 1. The molecular weight excluding hydrogens is 385 g/mol. The van der Waals surface area contributed by atoms with E-state index in [0.717, 1.165) is 11.0 Å². The van der Waals surface area contributed by atoms with Crippen molar-refractivity contribution < 1.29 is 9.53 Å². The molecule has 2 atom stereocenters. The molecule has 3 N–H and O–H groups in total. The van der Waals surface area contributed by atoms with Gasteiger partial charge in [0.25, 0.3) is 11.5 Å². The van der Waals surface area contributed by atoms with E-state index in [-0.39, 0.29) is 47.9 Å². The molecule has 1 aliphatic rings. The first-order valence-corrected chi connectivity index (χ1v) is 7.64. The van der Waals surface area contributed by atoms with Gasteiger partial charge < -0.3 is 15.8 Å². The number of ether oxygens (including phenoxy) is 1. The summed E-state index contributed by atoms with van der Waals surface area (Å²) in [6.45, 7) is 0.380. The van der Waals surface area contributed by atoms with Gasteiger partial charge in [0.1, 0.15) is 11.8 Å². The third-order valence-electron chi connectivity index (χ3n) is 4.22. The fourth-order valence-electron chi connectivity index (χ4n) is 2.83. The molecular formula is C15H21Cl2N5O4. The number of carbonyl (C=O) groups excluding carboxylic acids is 1. The zero-order valence-electron chi connectivity index (χ0n) is 14.3. The van der Waals surface area contributed by atoms with Crippen molar-refractivity contribution in [1.82, 2.24) is 14.1 Å². The minimum atomic E-state index is -0.558. The molecule has 1 saturated heterocycles. The highest BCUT2D eigenvalue weighted by molar-refractivity contribution is 5.95. The van der Waals surface area contributed by atoms with E-state index < -0.39 is 17.4 Å². The minimum Gasteiger partial charge on any atom is -0.364 e. The number of aryl methyl sites for hydroxylation is 1. The number of fused-ring (bicyclic) bond motifs is 1. The van der Waals surface area contributed by atoms with Crippen LogP contribution in [0, 0.1) is 0 Å². The number of anilines is 1. The van der Waals surface area contributed by atoms with E-state index in [1.54, 1.807) is 0 Å². The van der Waals surface area contributed by atoms with Crippen LogP contribution < -0.4 is 22.3 Å². The van der Waals surface area contributed by atoms with Gasteiger partial charge in [0.2, 0.25) is 0 Å². The number of nitrogens with zero attached hydrogens (tertiary/aromatic N) is 3. The van der Waals surface area contributed by atoms with E-state index in [4.69, 9.17) is 10.5 Å². The minimum absolute atomic E-state index is 0. The average Bonchev–Trinajstić information content (AvgIpc) is 3.07. The number of nitrogens with two attached hydrogens (primary N) is 1. The summed E-state index contributed by atoms with van der Waals surface area (Å²) in [5, 5.41) is 2.95.